The van der Waals surface area contributed by atoms with Crippen molar-refractivity contribution in [1.82, 2.24) is 0 Å². The maximum Gasteiger partial charge on any atom is 0.217 e. The summed E-state index contributed by atoms with van der Waals surface area (Å²) in [6, 6.07) is 3.72. The molecule has 1 fully saturated rings. The van der Waals surface area contributed by atoms with Gasteiger partial charge < -0.3 is 13.9 Å². The fraction of sp³-hybridized carbons (Fsp3) is 0.636. The van der Waals surface area contributed by atoms with Gasteiger partial charge in [-0.05, 0) is 18.1 Å². The number of hydrogen-bond acceptors (Lipinski definition) is 3. The van der Waals surface area contributed by atoms with Crippen molar-refractivity contribution in [2.45, 2.75) is 32.7 Å². The zero-order chi connectivity index (χ0) is 9.97. The lowest BCUT2D eigenvalue weighted by atomic mass is 10.0. The molecule has 0 aliphatic carbocycles. The van der Waals surface area contributed by atoms with Crippen LogP contribution in [-0.4, -0.2) is 12.7 Å². The van der Waals surface area contributed by atoms with E-state index in [1.54, 1.807) is 6.26 Å². The molecule has 2 heterocycles. The smallest absolute Gasteiger partial charge is 0.217 e. The van der Waals surface area contributed by atoms with Crippen molar-refractivity contribution in [1.29, 1.82) is 0 Å². The molecule has 0 spiro atoms. The van der Waals surface area contributed by atoms with E-state index in [9.17, 15) is 0 Å². The fourth-order valence-corrected chi connectivity index (χ4v) is 1.56. The highest BCUT2D eigenvalue weighted by atomic mass is 16.7. The van der Waals surface area contributed by atoms with Crippen molar-refractivity contribution >= 4 is 0 Å². The molecule has 1 saturated heterocycles. The number of rotatable bonds is 3. The van der Waals surface area contributed by atoms with Crippen LogP contribution in [0.25, 0.3) is 0 Å². The Bertz CT molecular complexity index is 268. The van der Waals surface area contributed by atoms with Gasteiger partial charge >= 0.3 is 0 Å². The van der Waals surface area contributed by atoms with Crippen molar-refractivity contribution in [3.8, 4) is 0 Å². The van der Waals surface area contributed by atoms with Crippen LogP contribution in [0.3, 0.4) is 0 Å². The summed E-state index contributed by atoms with van der Waals surface area (Å²) in [7, 11) is 0. The van der Waals surface area contributed by atoms with E-state index in [2.05, 4.69) is 13.8 Å². The molecule has 2 rings (SSSR count). The van der Waals surface area contributed by atoms with Crippen LogP contribution >= 0.6 is 0 Å². The number of ether oxygens (including phenoxy) is 2. The van der Waals surface area contributed by atoms with Gasteiger partial charge in [0.1, 0.15) is 0 Å². The largest absolute Gasteiger partial charge is 0.464 e. The van der Waals surface area contributed by atoms with Crippen molar-refractivity contribution in [2.75, 3.05) is 6.61 Å². The van der Waals surface area contributed by atoms with Gasteiger partial charge in [-0.15, -0.1) is 0 Å². The van der Waals surface area contributed by atoms with Crippen LogP contribution in [0.1, 0.15) is 32.3 Å². The molecule has 0 radical (unpaired) electrons. The van der Waals surface area contributed by atoms with Crippen LogP contribution in [0.4, 0.5) is 0 Å². The topological polar surface area (TPSA) is 31.6 Å². The normalized spacial score (nSPS) is 29.3. The average molecular weight is 196 g/mol. The fourth-order valence-electron chi connectivity index (χ4n) is 1.56. The van der Waals surface area contributed by atoms with E-state index in [0.29, 0.717) is 12.5 Å². The van der Waals surface area contributed by atoms with Crippen molar-refractivity contribution in [2.24, 2.45) is 5.92 Å². The van der Waals surface area contributed by atoms with Crippen LogP contribution in [0.15, 0.2) is 22.8 Å². The quantitative estimate of drug-likeness (QED) is 0.745. The van der Waals surface area contributed by atoms with Crippen LogP contribution in [0, 0.1) is 5.92 Å². The first-order chi connectivity index (χ1) is 6.81. The number of furan rings is 1. The lowest BCUT2D eigenvalue weighted by Gasteiger charge is -2.15. The average Bonchev–Trinajstić information content (AvgIpc) is 2.86. The van der Waals surface area contributed by atoms with E-state index in [1.807, 2.05) is 12.1 Å². The molecule has 1 aliphatic rings. The van der Waals surface area contributed by atoms with Gasteiger partial charge in [0.15, 0.2) is 5.76 Å². The summed E-state index contributed by atoms with van der Waals surface area (Å²) < 4.78 is 16.5. The minimum atomic E-state index is -0.302. The Morgan fingerprint density at radius 2 is 2.43 bits per heavy atom. The van der Waals surface area contributed by atoms with E-state index >= 15 is 0 Å². The van der Waals surface area contributed by atoms with E-state index in [-0.39, 0.29) is 12.4 Å². The molecule has 0 N–H and O–H groups in total. The molecule has 3 heteroatoms. The SMILES string of the molecule is CCC(C)C1COC(c2ccco2)O1. The molecule has 0 amide bonds. The minimum Gasteiger partial charge on any atom is -0.464 e. The van der Waals surface area contributed by atoms with Crippen LogP contribution in [-0.2, 0) is 9.47 Å². The molecule has 0 bridgehead atoms. The Hall–Kier alpha value is -0.800. The molecule has 3 atom stereocenters. The van der Waals surface area contributed by atoms with Gasteiger partial charge in [0, 0.05) is 0 Å². The molecule has 1 aromatic rings. The van der Waals surface area contributed by atoms with Crippen LogP contribution in [0.5, 0.6) is 0 Å². The summed E-state index contributed by atoms with van der Waals surface area (Å²) >= 11 is 0. The van der Waals surface area contributed by atoms with Gasteiger partial charge in [0.05, 0.1) is 19.0 Å². The maximum absolute atomic E-state index is 5.74. The molecule has 0 aromatic carbocycles. The van der Waals surface area contributed by atoms with Crippen molar-refractivity contribution in [3.63, 3.8) is 0 Å². The molecule has 78 valence electrons. The molecular formula is C11H16O3. The highest BCUT2D eigenvalue weighted by Crippen LogP contribution is 2.30. The predicted octanol–water partition coefficient (Wildman–Crippen LogP) is 2.74. The lowest BCUT2D eigenvalue weighted by molar-refractivity contribution is -0.0813. The lowest BCUT2D eigenvalue weighted by Crippen LogP contribution is -2.19. The maximum atomic E-state index is 5.74. The summed E-state index contributed by atoms with van der Waals surface area (Å²) in [5.41, 5.74) is 0. The van der Waals surface area contributed by atoms with Crippen molar-refractivity contribution < 1.29 is 13.9 Å². The Balaban J connectivity index is 1.95. The second-order valence-electron chi connectivity index (χ2n) is 3.74. The summed E-state index contributed by atoms with van der Waals surface area (Å²) in [5.74, 6) is 1.30. The van der Waals surface area contributed by atoms with E-state index < -0.39 is 0 Å². The minimum absolute atomic E-state index is 0.204. The molecule has 0 saturated carbocycles. The van der Waals surface area contributed by atoms with Gasteiger partial charge in [0.2, 0.25) is 6.29 Å². The second kappa shape index (κ2) is 4.15. The third-order valence-corrected chi connectivity index (χ3v) is 2.76. The first-order valence-corrected chi connectivity index (χ1v) is 5.11. The first-order valence-electron chi connectivity index (χ1n) is 5.11. The van der Waals surface area contributed by atoms with Gasteiger partial charge in [-0.25, -0.2) is 0 Å². The predicted molar refractivity (Wildman–Crippen MR) is 51.7 cm³/mol. The second-order valence-corrected chi connectivity index (χ2v) is 3.74. The Labute approximate surface area is 84.0 Å². The molecule has 3 nitrogen and oxygen atoms in total. The molecule has 14 heavy (non-hydrogen) atoms. The third-order valence-electron chi connectivity index (χ3n) is 2.76. The van der Waals surface area contributed by atoms with Gasteiger partial charge in [-0.2, -0.15) is 0 Å². The molecule has 1 aliphatic heterocycles. The monoisotopic (exact) mass is 196 g/mol. The summed E-state index contributed by atoms with van der Waals surface area (Å²) in [4.78, 5) is 0. The van der Waals surface area contributed by atoms with Crippen LogP contribution < -0.4 is 0 Å². The summed E-state index contributed by atoms with van der Waals surface area (Å²) in [5, 5.41) is 0. The first kappa shape index (κ1) is 9.74. The molecule has 1 aromatic heterocycles. The van der Waals surface area contributed by atoms with Gasteiger partial charge in [0.25, 0.3) is 0 Å². The summed E-state index contributed by atoms with van der Waals surface area (Å²) in [6.07, 6.45) is 2.65. The van der Waals surface area contributed by atoms with Crippen molar-refractivity contribution in [3.05, 3.63) is 24.2 Å². The summed E-state index contributed by atoms with van der Waals surface area (Å²) in [6.45, 7) is 5.01. The number of hydrogen-bond donors (Lipinski definition) is 0. The molecule has 3 unspecified atom stereocenters. The Kier molecular flexibility index (Phi) is 2.89. The van der Waals surface area contributed by atoms with Gasteiger partial charge in [-0.1, -0.05) is 20.3 Å². The highest BCUT2D eigenvalue weighted by Gasteiger charge is 2.31. The zero-order valence-electron chi connectivity index (χ0n) is 8.60. The van der Waals surface area contributed by atoms with Gasteiger partial charge in [-0.3, -0.25) is 0 Å². The van der Waals surface area contributed by atoms with E-state index in [0.717, 1.165) is 12.2 Å². The zero-order valence-corrected chi connectivity index (χ0v) is 8.60. The Morgan fingerprint density at radius 1 is 1.57 bits per heavy atom. The molecular weight excluding hydrogens is 180 g/mol. The van der Waals surface area contributed by atoms with Crippen LogP contribution in [0.2, 0.25) is 0 Å². The van der Waals surface area contributed by atoms with E-state index in [1.165, 1.54) is 0 Å². The standard InChI is InChI=1S/C11H16O3/c1-3-8(2)10-7-13-11(14-10)9-5-4-6-12-9/h4-6,8,10-11H,3,7H2,1-2H3. The van der Waals surface area contributed by atoms with E-state index in [4.69, 9.17) is 13.9 Å². The highest BCUT2D eigenvalue weighted by molar-refractivity contribution is 5.00. The third kappa shape index (κ3) is 1.83. The Morgan fingerprint density at radius 3 is 3.07 bits per heavy atom.